The van der Waals surface area contributed by atoms with E-state index in [0.29, 0.717) is 30.2 Å². The number of H-pyrrole nitrogens is 1. The largest absolute Gasteiger partial charge is 0.489 e. The van der Waals surface area contributed by atoms with Gasteiger partial charge in [-0.25, -0.2) is 14.3 Å². The number of carbonyl (C=O) groups is 1. The lowest BCUT2D eigenvalue weighted by atomic mass is 9.92. The summed E-state index contributed by atoms with van der Waals surface area (Å²) in [7, 11) is 0. The predicted octanol–water partition coefficient (Wildman–Crippen LogP) is 4.95. The zero-order valence-electron chi connectivity index (χ0n) is 18.7. The number of aromatic nitrogens is 3. The summed E-state index contributed by atoms with van der Waals surface area (Å²) in [5.41, 5.74) is 2.98. The fourth-order valence-electron chi connectivity index (χ4n) is 3.91. The first kappa shape index (κ1) is 22.3. The number of aromatic amines is 1. The van der Waals surface area contributed by atoms with Crippen molar-refractivity contribution in [3.8, 4) is 17.0 Å². The molecule has 0 bridgehead atoms. The van der Waals surface area contributed by atoms with Gasteiger partial charge in [0, 0.05) is 17.2 Å². The molecule has 0 radical (unpaired) electrons. The molecule has 0 atom stereocenters. The second-order valence-electron chi connectivity index (χ2n) is 8.10. The van der Waals surface area contributed by atoms with E-state index < -0.39 is 5.97 Å². The second kappa shape index (κ2) is 9.73. The number of carboxylic acid groups (broad SMARTS) is 1. The Morgan fingerprint density at radius 3 is 2.42 bits per heavy atom. The Morgan fingerprint density at radius 1 is 1.09 bits per heavy atom. The van der Waals surface area contributed by atoms with Crippen LogP contribution in [0.1, 0.15) is 48.3 Å². The third-order valence-corrected chi connectivity index (χ3v) is 5.96. The summed E-state index contributed by atoms with van der Waals surface area (Å²) in [6.07, 6.45) is 2.45. The molecule has 7 nitrogen and oxygen atoms in total. The van der Waals surface area contributed by atoms with Crippen LogP contribution in [0.2, 0.25) is 0 Å². The minimum Gasteiger partial charge on any atom is -0.489 e. The van der Waals surface area contributed by atoms with E-state index in [-0.39, 0.29) is 16.9 Å². The van der Waals surface area contributed by atoms with E-state index in [0.717, 1.165) is 29.7 Å². The molecule has 0 aliphatic heterocycles. The molecule has 0 spiro atoms. The van der Waals surface area contributed by atoms with E-state index in [9.17, 15) is 14.7 Å². The van der Waals surface area contributed by atoms with Gasteiger partial charge in [-0.05, 0) is 42.2 Å². The minimum atomic E-state index is -1.14. The third kappa shape index (κ3) is 4.82. The maximum absolute atomic E-state index is 13.3. The first-order valence-electron chi connectivity index (χ1n) is 11.1. The van der Waals surface area contributed by atoms with Crippen LogP contribution in [0.5, 0.6) is 5.75 Å². The van der Waals surface area contributed by atoms with E-state index >= 15 is 0 Å². The normalized spacial score (nSPS) is 11.2. The Morgan fingerprint density at radius 2 is 1.79 bits per heavy atom. The molecule has 2 aromatic carbocycles. The van der Waals surface area contributed by atoms with Crippen molar-refractivity contribution in [3.63, 3.8) is 0 Å². The van der Waals surface area contributed by atoms with Crippen molar-refractivity contribution in [2.75, 3.05) is 0 Å². The predicted molar refractivity (Wildman–Crippen MR) is 127 cm³/mol. The lowest BCUT2D eigenvalue weighted by molar-refractivity contribution is 0.0690. The zero-order valence-corrected chi connectivity index (χ0v) is 18.7. The monoisotopic (exact) mass is 445 g/mol. The molecular formula is C26H27N3O4. The summed E-state index contributed by atoms with van der Waals surface area (Å²) in [6, 6.07) is 18.8. The topological polar surface area (TPSA) is 96.7 Å². The van der Waals surface area contributed by atoms with Gasteiger partial charge in [-0.1, -0.05) is 57.0 Å². The van der Waals surface area contributed by atoms with Gasteiger partial charge < -0.3 is 9.84 Å². The summed E-state index contributed by atoms with van der Waals surface area (Å²) in [6.45, 7) is 4.67. The highest BCUT2D eigenvalue weighted by Gasteiger charge is 2.20. The van der Waals surface area contributed by atoms with E-state index in [1.54, 1.807) is 0 Å². The third-order valence-electron chi connectivity index (χ3n) is 5.96. The van der Waals surface area contributed by atoms with Crippen molar-refractivity contribution in [2.45, 2.75) is 39.7 Å². The first-order chi connectivity index (χ1) is 16.0. The fourth-order valence-corrected chi connectivity index (χ4v) is 3.91. The Balaban J connectivity index is 1.71. The average molecular weight is 446 g/mol. The number of fused-ring (bicyclic) bond motifs is 1. The van der Waals surface area contributed by atoms with Crippen molar-refractivity contribution < 1.29 is 14.6 Å². The summed E-state index contributed by atoms with van der Waals surface area (Å²) < 4.78 is 7.10. The molecule has 2 aromatic heterocycles. The van der Waals surface area contributed by atoms with E-state index in [1.165, 1.54) is 10.6 Å². The van der Waals surface area contributed by atoms with Gasteiger partial charge in [-0.15, -0.1) is 0 Å². The molecular weight excluding hydrogens is 418 g/mol. The lowest BCUT2D eigenvalue weighted by Gasteiger charge is -2.15. The van der Waals surface area contributed by atoms with Crippen molar-refractivity contribution in [1.29, 1.82) is 0 Å². The average Bonchev–Trinajstić information content (AvgIpc) is 3.28. The van der Waals surface area contributed by atoms with E-state index in [2.05, 4.69) is 23.9 Å². The molecule has 0 unspecified atom stereocenters. The maximum Gasteiger partial charge on any atom is 0.353 e. The molecule has 0 aliphatic rings. The Labute approximate surface area is 191 Å². The second-order valence-corrected chi connectivity index (χ2v) is 8.10. The fraction of sp³-hybridized carbons (Fsp3) is 0.269. The number of nitrogens with zero attached hydrogens (tertiary/aromatic N) is 2. The van der Waals surface area contributed by atoms with Crippen LogP contribution in [0, 0.1) is 5.92 Å². The number of hydrogen-bond acceptors (Lipinski definition) is 4. The molecule has 170 valence electrons. The first-order valence-corrected chi connectivity index (χ1v) is 11.1. The maximum atomic E-state index is 13.3. The van der Waals surface area contributed by atoms with Gasteiger partial charge in [0.1, 0.15) is 18.1 Å². The molecule has 0 aliphatic carbocycles. The van der Waals surface area contributed by atoms with Crippen LogP contribution in [0.25, 0.3) is 16.9 Å². The van der Waals surface area contributed by atoms with Gasteiger partial charge in [-0.3, -0.25) is 9.89 Å². The minimum absolute atomic E-state index is 0.0742. The Kier molecular flexibility index (Phi) is 6.58. The standard InChI is InChI=1S/C26H27N3O4/c1-3-17(4-2)14-21-24(27-23-15-22(26(31)32)28-29(23)25(21)30)19-10-12-20(13-11-19)33-16-18-8-6-5-7-9-18/h5-13,15,17,28H,3-4,14,16H2,1-2H3,(H,31,32). The van der Waals surface area contributed by atoms with Crippen molar-refractivity contribution in [1.82, 2.24) is 14.6 Å². The molecule has 2 heterocycles. The van der Waals surface area contributed by atoms with Gasteiger partial charge in [0.25, 0.3) is 5.56 Å². The summed E-state index contributed by atoms with van der Waals surface area (Å²) in [4.78, 5) is 29.4. The van der Waals surface area contributed by atoms with Crippen LogP contribution in [-0.4, -0.2) is 25.7 Å². The van der Waals surface area contributed by atoms with Gasteiger partial charge in [0.2, 0.25) is 0 Å². The van der Waals surface area contributed by atoms with Crippen LogP contribution in [-0.2, 0) is 13.0 Å². The zero-order chi connectivity index (χ0) is 23.4. The molecule has 0 amide bonds. The smallest absolute Gasteiger partial charge is 0.353 e. The van der Waals surface area contributed by atoms with Gasteiger partial charge in [0.15, 0.2) is 5.65 Å². The molecule has 4 rings (SSSR count). The highest BCUT2D eigenvalue weighted by molar-refractivity contribution is 5.86. The number of rotatable bonds is 9. The summed E-state index contributed by atoms with van der Waals surface area (Å²) >= 11 is 0. The SMILES string of the molecule is CCC(CC)Cc1c(-c2ccc(OCc3ccccc3)cc2)nc2cc(C(=O)O)[nH]n2c1=O. The molecule has 7 heteroatoms. The van der Waals surface area contributed by atoms with E-state index in [1.807, 2.05) is 54.6 Å². The van der Waals surface area contributed by atoms with Crippen molar-refractivity contribution in [3.05, 3.63) is 87.8 Å². The van der Waals surface area contributed by atoms with Crippen molar-refractivity contribution in [2.24, 2.45) is 5.92 Å². The quantitative estimate of drug-likeness (QED) is 0.380. The number of ether oxygens (including phenoxy) is 1. The van der Waals surface area contributed by atoms with Gasteiger partial charge in [-0.2, -0.15) is 0 Å². The number of aromatic carboxylic acids is 1. The molecule has 0 fully saturated rings. The molecule has 33 heavy (non-hydrogen) atoms. The van der Waals surface area contributed by atoms with Crippen LogP contribution in [0.4, 0.5) is 0 Å². The molecule has 2 N–H and O–H groups in total. The lowest BCUT2D eigenvalue weighted by Crippen LogP contribution is -2.23. The van der Waals surface area contributed by atoms with Crippen LogP contribution >= 0.6 is 0 Å². The Bertz CT molecular complexity index is 1300. The van der Waals surface area contributed by atoms with Crippen LogP contribution in [0.15, 0.2) is 65.5 Å². The number of nitrogens with one attached hydrogen (secondary N) is 1. The van der Waals surface area contributed by atoms with Crippen LogP contribution < -0.4 is 10.3 Å². The molecule has 0 saturated carbocycles. The number of benzene rings is 2. The molecule has 4 aromatic rings. The van der Waals surface area contributed by atoms with Crippen LogP contribution in [0.3, 0.4) is 0 Å². The van der Waals surface area contributed by atoms with Gasteiger partial charge >= 0.3 is 5.97 Å². The molecule has 0 saturated heterocycles. The van der Waals surface area contributed by atoms with E-state index in [4.69, 9.17) is 4.74 Å². The van der Waals surface area contributed by atoms with Gasteiger partial charge in [0.05, 0.1) is 5.69 Å². The Hall–Kier alpha value is -3.87. The number of carboxylic acids is 1. The highest BCUT2D eigenvalue weighted by atomic mass is 16.5. The summed E-state index contributed by atoms with van der Waals surface area (Å²) in [5.74, 6) is -0.0849. The highest BCUT2D eigenvalue weighted by Crippen LogP contribution is 2.26. The summed E-state index contributed by atoms with van der Waals surface area (Å²) in [5, 5.41) is 12.0. The van der Waals surface area contributed by atoms with Crippen molar-refractivity contribution >= 4 is 11.6 Å². The number of hydrogen-bond donors (Lipinski definition) is 2.